The van der Waals surface area contributed by atoms with E-state index in [0.717, 1.165) is 28.3 Å². The lowest BCUT2D eigenvalue weighted by atomic mass is 10.1. The average molecular weight is 405 g/mol. The molecule has 1 saturated heterocycles. The summed E-state index contributed by atoms with van der Waals surface area (Å²) in [6.07, 6.45) is 2.44. The fourth-order valence-electron chi connectivity index (χ4n) is 3.27. The highest BCUT2D eigenvalue weighted by atomic mass is 32.2. The maximum absolute atomic E-state index is 13.2. The first-order chi connectivity index (χ1) is 14.2. The van der Waals surface area contributed by atoms with Crippen LogP contribution in [0.25, 0.3) is 10.8 Å². The zero-order valence-electron chi connectivity index (χ0n) is 16.0. The van der Waals surface area contributed by atoms with Crippen molar-refractivity contribution in [3.63, 3.8) is 0 Å². The number of carbonyl (C=O) groups is 1. The fraction of sp³-hybridized carbons (Fsp3) is 0.174. The number of halogens is 1. The van der Waals surface area contributed by atoms with Gasteiger partial charge in [-0.1, -0.05) is 73.3 Å². The number of amides is 1. The summed E-state index contributed by atoms with van der Waals surface area (Å²) in [7, 11) is 0. The highest BCUT2D eigenvalue weighted by Crippen LogP contribution is 2.31. The number of hydrogen-bond acceptors (Lipinski definition) is 4. The van der Waals surface area contributed by atoms with Gasteiger partial charge >= 0.3 is 0 Å². The standard InChI is InChI=1S/C23H20FN3OS/c1-2-21-22(28)27(15-16-10-12-19(24)13-11-16)23(29-21)26-25-14-18-8-5-7-17-6-3-4-9-20(17)18/h3-14,21H,2,15H2,1H3/b25-14-,26-23-/t21-/m1/s1. The Kier molecular flexibility index (Phi) is 5.71. The van der Waals surface area contributed by atoms with Crippen molar-refractivity contribution in [2.45, 2.75) is 25.1 Å². The second-order valence-electron chi connectivity index (χ2n) is 6.76. The lowest BCUT2D eigenvalue weighted by Gasteiger charge is -2.15. The molecule has 0 radical (unpaired) electrons. The van der Waals surface area contributed by atoms with E-state index in [2.05, 4.69) is 22.3 Å². The summed E-state index contributed by atoms with van der Waals surface area (Å²) in [5, 5.41) is 11.3. The van der Waals surface area contributed by atoms with Crippen LogP contribution in [-0.2, 0) is 11.3 Å². The van der Waals surface area contributed by atoms with E-state index in [1.54, 1.807) is 23.2 Å². The topological polar surface area (TPSA) is 45.0 Å². The van der Waals surface area contributed by atoms with Crippen molar-refractivity contribution in [2.75, 3.05) is 0 Å². The van der Waals surface area contributed by atoms with Crippen molar-refractivity contribution >= 4 is 39.8 Å². The quantitative estimate of drug-likeness (QED) is 0.431. The van der Waals surface area contributed by atoms with Crippen LogP contribution in [0.5, 0.6) is 0 Å². The molecule has 1 amide bonds. The third kappa shape index (κ3) is 4.22. The van der Waals surface area contributed by atoms with Crippen molar-refractivity contribution in [1.82, 2.24) is 4.90 Å². The Bertz CT molecular complexity index is 1090. The van der Waals surface area contributed by atoms with Crippen LogP contribution in [0.3, 0.4) is 0 Å². The molecule has 0 aromatic heterocycles. The number of hydrogen-bond donors (Lipinski definition) is 0. The fourth-order valence-corrected chi connectivity index (χ4v) is 4.29. The second kappa shape index (κ2) is 8.57. The minimum Gasteiger partial charge on any atom is -0.284 e. The van der Waals surface area contributed by atoms with Gasteiger partial charge in [-0.25, -0.2) is 4.39 Å². The maximum Gasteiger partial charge on any atom is 0.242 e. The summed E-state index contributed by atoms with van der Waals surface area (Å²) < 4.78 is 13.2. The molecule has 6 heteroatoms. The second-order valence-corrected chi connectivity index (χ2v) is 7.93. The normalized spacial score (nSPS) is 18.4. The molecule has 3 aromatic rings. The van der Waals surface area contributed by atoms with Gasteiger partial charge in [0.2, 0.25) is 5.91 Å². The lowest BCUT2D eigenvalue weighted by molar-refractivity contribution is -0.126. The molecular weight excluding hydrogens is 385 g/mol. The van der Waals surface area contributed by atoms with Crippen LogP contribution in [0.1, 0.15) is 24.5 Å². The van der Waals surface area contributed by atoms with Gasteiger partial charge in [-0.2, -0.15) is 5.10 Å². The van der Waals surface area contributed by atoms with E-state index in [0.29, 0.717) is 11.7 Å². The molecule has 4 nitrogen and oxygen atoms in total. The van der Waals surface area contributed by atoms with Crippen molar-refractivity contribution in [1.29, 1.82) is 0 Å². The van der Waals surface area contributed by atoms with Gasteiger partial charge in [0.1, 0.15) is 5.82 Å². The molecule has 146 valence electrons. The average Bonchev–Trinajstić information content (AvgIpc) is 3.04. The van der Waals surface area contributed by atoms with Gasteiger partial charge in [-0.3, -0.25) is 9.69 Å². The third-order valence-electron chi connectivity index (χ3n) is 4.81. The Morgan fingerprint density at radius 3 is 2.62 bits per heavy atom. The Morgan fingerprint density at radius 2 is 1.83 bits per heavy atom. The molecule has 1 heterocycles. The van der Waals surface area contributed by atoms with E-state index in [1.807, 2.05) is 37.3 Å². The van der Waals surface area contributed by atoms with E-state index < -0.39 is 0 Å². The number of thioether (sulfide) groups is 1. The number of amidine groups is 1. The molecule has 3 aromatic carbocycles. The van der Waals surface area contributed by atoms with Crippen LogP contribution in [0.4, 0.5) is 4.39 Å². The predicted octanol–water partition coefficient (Wildman–Crippen LogP) is 5.22. The molecule has 1 fully saturated rings. The van der Waals surface area contributed by atoms with Crippen LogP contribution in [-0.4, -0.2) is 27.4 Å². The van der Waals surface area contributed by atoms with Crippen LogP contribution < -0.4 is 0 Å². The van der Waals surface area contributed by atoms with Gasteiger partial charge in [0.05, 0.1) is 18.0 Å². The van der Waals surface area contributed by atoms with Crippen molar-refractivity contribution in [2.24, 2.45) is 10.2 Å². The van der Waals surface area contributed by atoms with Crippen molar-refractivity contribution < 1.29 is 9.18 Å². The minimum atomic E-state index is -0.295. The molecule has 0 unspecified atom stereocenters. The molecule has 0 N–H and O–H groups in total. The summed E-state index contributed by atoms with van der Waals surface area (Å²) in [5.41, 5.74) is 1.82. The van der Waals surface area contributed by atoms with Crippen molar-refractivity contribution in [3.05, 3.63) is 83.7 Å². The summed E-state index contributed by atoms with van der Waals surface area (Å²) in [5.74, 6) is -0.281. The number of carbonyl (C=O) groups excluding carboxylic acids is 1. The Morgan fingerprint density at radius 1 is 1.07 bits per heavy atom. The van der Waals surface area contributed by atoms with Gasteiger partial charge < -0.3 is 0 Å². The first-order valence-corrected chi connectivity index (χ1v) is 10.3. The first-order valence-electron chi connectivity index (χ1n) is 9.47. The molecule has 0 saturated carbocycles. The van der Waals surface area contributed by atoms with E-state index in [-0.39, 0.29) is 17.0 Å². The monoisotopic (exact) mass is 405 g/mol. The van der Waals surface area contributed by atoms with Gasteiger partial charge in [0, 0.05) is 5.56 Å². The molecule has 0 spiro atoms. The number of nitrogens with zero attached hydrogens (tertiary/aromatic N) is 3. The highest BCUT2D eigenvalue weighted by Gasteiger charge is 2.36. The zero-order valence-corrected chi connectivity index (χ0v) is 16.8. The largest absolute Gasteiger partial charge is 0.284 e. The van der Waals surface area contributed by atoms with Crippen LogP contribution in [0.15, 0.2) is 76.9 Å². The first kappa shape index (κ1) is 19.3. The smallest absolute Gasteiger partial charge is 0.242 e. The molecule has 0 bridgehead atoms. The van der Waals surface area contributed by atoms with Crippen LogP contribution >= 0.6 is 11.8 Å². The van der Waals surface area contributed by atoms with Gasteiger partial charge in [0.15, 0.2) is 5.17 Å². The minimum absolute atomic E-state index is 0.0148. The highest BCUT2D eigenvalue weighted by molar-refractivity contribution is 8.15. The number of fused-ring (bicyclic) bond motifs is 1. The summed E-state index contributed by atoms with van der Waals surface area (Å²) in [4.78, 5) is 14.4. The Hall–Kier alpha value is -2.99. The van der Waals surface area contributed by atoms with E-state index in [9.17, 15) is 9.18 Å². The van der Waals surface area contributed by atoms with Crippen LogP contribution in [0.2, 0.25) is 0 Å². The van der Waals surface area contributed by atoms with Crippen LogP contribution in [0, 0.1) is 5.82 Å². The molecule has 29 heavy (non-hydrogen) atoms. The summed E-state index contributed by atoms with van der Waals surface area (Å²) >= 11 is 1.43. The zero-order chi connectivity index (χ0) is 20.2. The molecule has 1 aliphatic rings. The van der Waals surface area contributed by atoms with E-state index >= 15 is 0 Å². The van der Waals surface area contributed by atoms with Gasteiger partial charge in [0.25, 0.3) is 0 Å². The summed E-state index contributed by atoms with van der Waals surface area (Å²) in [6, 6.07) is 20.3. The van der Waals surface area contributed by atoms with E-state index in [1.165, 1.54) is 23.9 Å². The number of benzene rings is 3. The summed E-state index contributed by atoms with van der Waals surface area (Å²) in [6.45, 7) is 2.33. The molecule has 4 rings (SSSR count). The van der Waals surface area contributed by atoms with Crippen molar-refractivity contribution in [3.8, 4) is 0 Å². The lowest BCUT2D eigenvalue weighted by Crippen LogP contribution is -2.31. The molecular formula is C23H20FN3OS. The molecule has 1 atom stereocenters. The predicted molar refractivity (Wildman–Crippen MR) is 118 cm³/mol. The molecule has 1 aliphatic heterocycles. The van der Waals surface area contributed by atoms with E-state index in [4.69, 9.17) is 0 Å². The molecule has 0 aliphatic carbocycles. The number of rotatable bonds is 5. The maximum atomic E-state index is 13.2. The Labute approximate surface area is 173 Å². The third-order valence-corrected chi connectivity index (χ3v) is 6.14. The van der Waals surface area contributed by atoms with Gasteiger partial charge in [-0.15, -0.1) is 5.10 Å². The Balaban J connectivity index is 1.60. The van der Waals surface area contributed by atoms with Gasteiger partial charge in [-0.05, 0) is 34.9 Å². The SMILES string of the molecule is CC[C@H]1S/C(=N\N=C/c2cccc3ccccc23)N(Cc2ccc(F)cc2)C1=O.